The molecule has 0 aliphatic heterocycles. The number of fused-ring (bicyclic) bond motifs is 1. The number of rotatable bonds is 5. The van der Waals surface area contributed by atoms with Gasteiger partial charge in [0, 0.05) is 10.9 Å². The van der Waals surface area contributed by atoms with Gasteiger partial charge in [-0.05, 0) is 18.6 Å². The Morgan fingerprint density at radius 1 is 1.26 bits per heavy atom. The number of furan rings is 1. The molecule has 0 N–H and O–H groups in total. The van der Waals surface area contributed by atoms with Crippen molar-refractivity contribution in [2.45, 2.75) is 13.5 Å². The number of hydrogen-bond donors (Lipinski definition) is 0. The van der Waals surface area contributed by atoms with E-state index in [4.69, 9.17) is 9.15 Å². The van der Waals surface area contributed by atoms with Crippen LogP contribution in [0.3, 0.4) is 0 Å². The first-order valence-electron chi connectivity index (χ1n) is 8.44. The molecule has 7 heteroatoms. The molecule has 0 atom stereocenters. The summed E-state index contributed by atoms with van der Waals surface area (Å²) in [6, 6.07) is 11.3. The van der Waals surface area contributed by atoms with Gasteiger partial charge in [0.2, 0.25) is 0 Å². The van der Waals surface area contributed by atoms with E-state index in [1.165, 1.54) is 28.5 Å². The van der Waals surface area contributed by atoms with E-state index in [1.54, 1.807) is 13.0 Å². The van der Waals surface area contributed by atoms with E-state index in [-0.39, 0.29) is 18.7 Å². The molecule has 0 unspecified atom stereocenters. The third-order valence-electron chi connectivity index (χ3n) is 4.20. The van der Waals surface area contributed by atoms with E-state index in [0.717, 1.165) is 11.1 Å². The van der Waals surface area contributed by atoms with Crippen LogP contribution in [0.5, 0.6) is 0 Å². The van der Waals surface area contributed by atoms with Gasteiger partial charge in [0.25, 0.3) is 5.56 Å². The molecule has 4 rings (SSSR count). The van der Waals surface area contributed by atoms with Crippen LogP contribution in [-0.4, -0.2) is 22.1 Å². The molecule has 0 saturated heterocycles. The van der Waals surface area contributed by atoms with Crippen molar-refractivity contribution in [1.29, 1.82) is 0 Å². The van der Waals surface area contributed by atoms with Crippen LogP contribution >= 0.6 is 11.3 Å². The lowest BCUT2D eigenvalue weighted by molar-refractivity contribution is 0.0523. The second kappa shape index (κ2) is 7.20. The summed E-state index contributed by atoms with van der Waals surface area (Å²) in [6.07, 6.45) is 2.89. The van der Waals surface area contributed by atoms with Gasteiger partial charge >= 0.3 is 5.97 Å². The van der Waals surface area contributed by atoms with E-state index in [0.29, 0.717) is 21.5 Å². The molecule has 3 heterocycles. The van der Waals surface area contributed by atoms with Crippen LogP contribution in [0.1, 0.15) is 23.0 Å². The van der Waals surface area contributed by atoms with E-state index in [2.05, 4.69) is 4.98 Å². The molecule has 1 aromatic carbocycles. The molecule has 0 amide bonds. The zero-order valence-corrected chi connectivity index (χ0v) is 15.4. The molecule has 0 aliphatic rings. The topological polar surface area (TPSA) is 74.3 Å². The van der Waals surface area contributed by atoms with Crippen molar-refractivity contribution in [1.82, 2.24) is 9.55 Å². The number of esters is 1. The highest BCUT2D eigenvalue weighted by atomic mass is 32.1. The molecule has 0 radical (unpaired) electrons. The smallest absolute Gasteiger partial charge is 0.341 e. The molecule has 27 heavy (non-hydrogen) atoms. The van der Waals surface area contributed by atoms with E-state index in [9.17, 15) is 9.59 Å². The van der Waals surface area contributed by atoms with Crippen LogP contribution in [0.25, 0.3) is 21.3 Å². The monoisotopic (exact) mass is 380 g/mol. The minimum atomic E-state index is -0.469. The van der Waals surface area contributed by atoms with Gasteiger partial charge in [-0.25, -0.2) is 9.78 Å². The summed E-state index contributed by atoms with van der Waals surface area (Å²) in [7, 11) is 0. The van der Waals surface area contributed by atoms with Crippen molar-refractivity contribution in [3.05, 3.63) is 76.0 Å². The van der Waals surface area contributed by atoms with E-state index < -0.39 is 5.97 Å². The molecule has 0 bridgehead atoms. The van der Waals surface area contributed by atoms with Crippen molar-refractivity contribution >= 4 is 27.5 Å². The zero-order valence-electron chi connectivity index (χ0n) is 14.5. The summed E-state index contributed by atoms with van der Waals surface area (Å²) < 4.78 is 11.9. The first-order valence-corrected chi connectivity index (χ1v) is 9.32. The van der Waals surface area contributed by atoms with E-state index >= 15 is 0 Å². The summed E-state index contributed by atoms with van der Waals surface area (Å²) in [5.41, 5.74) is 1.96. The highest BCUT2D eigenvalue weighted by Crippen LogP contribution is 2.30. The van der Waals surface area contributed by atoms with Crippen molar-refractivity contribution < 1.29 is 13.9 Å². The Hall–Kier alpha value is -3.19. The number of carbonyl (C=O) groups is 1. The normalized spacial score (nSPS) is 11.0. The Morgan fingerprint density at radius 3 is 2.85 bits per heavy atom. The van der Waals surface area contributed by atoms with Gasteiger partial charge in [-0.2, -0.15) is 0 Å². The van der Waals surface area contributed by atoms with Crippen molar-refractivity contribution in [2.24, 2.45) is 0 Å². The number of ether oxygens (including phenoxy) is 1. The third kappa shape index (κ3) is 3.17. The lowest BCUT2D eigenvalue weighted by Gasteiger charge is -2.06. The highest BCUT2D eigenvalue weighted by Gasteiger charge is 2.18. The maximum atomic E-state index is 13.1. The van der Waals surface area contributed by atoms with Crippen LogP contribution in [0, 0.1) is 0 Å². The summed E-state index contributed by atoms with van der Waals surface area (Å²) in [5, 5.41) is 2.51. The molecular formula is C20H16N2O4S. The summed E-state index contributed by atoms with van der Waals surface area (Å²) in [6.45, 7) is 2.11. The molecule has 3 aromatic heterocycles. The predicted octanol–water partition coefficient (Wildman–Crippen LogP) is 3.94. The van der Waals surface area contributed by atoms with Crippen LogP contribution in [0.15, 0.2) is 63.6 Å². The maximum Gasteiger partial charge on any atom is 0.341 e. The minimum absolute atomic E-state index is 0.104. The van der Waals surface area contributed by atoms with Gasteiger partial charge in [0.05, 0.1) is 31.1 Å². The summed E-state index contributed by atoms with van der Waals surface area (Å²) >= 11 is 1.43. The summed E-state index contributed by atoms with van der Waals surface area (Å²) in [4.78, 5) is 30.2. The van der Waals surface area contributed by atoms with Gasteiger partial charge in [-0.1, -0.05) is 30.3 Å². The SMILES string of the molecule is CCOC(=O)c1ccoc1Cn1cnc2scc(-c3ccccc3)c2c1=O. The minimum Gasteiger partial charge on any atom is -0.467 e. The van der Waals surface area contributed by atoms with Gasteiger partial charge in [0.1, 0.15) is 16.2 Å². The second-order valence-corrected chi connectivity index (χ2v) is 6.71. The molecule has 4 aromatic rings. The quantitative estimate of drug-likeness (QED) is 0.490. The van der Waals surface area contributed by atoms with Crippen LogP contribution in [0.4, 0.5) is 0 Å². The third-order valence-corrected chi connectivity index (χ3v) is 5.09. The molecule has 0 spiro atoms. The summed E-state index contributed by atoms with van der Waals surface area (Å²) in [5.74, 6) is -0.1000. The average Bonchev–Trinajstić information content (AvgIpc) is 3.32. The Bertz CT molecular complexity index is 1160. The molecule has 6 nitrogen and oxygen atoms in total. The van der Waals surface area contributed by atoms with Crippen molar-refractivity contribution in [3.63, 3.8) is 0 Å². The number of benzene rings is 1. The number of carbonyl (C=O) groups excluding carboxylic acids is 1. The molecule has 0 fully saturated rings. The molecule has 0 saturated carbocycles. The average molecular weight is 380 g/mol. The first kappa shape index (κ1) is 17.2. The van der Waals surface area contributed by atoms with Crippen molar-refractivity contribution in [2.75, 3.05) is 6.61 Å². The molecule has 136 valence electrons. The number of nitrogens with zero attached hydrogens (tertiary/aromatic N) is 2. The Labute approximate surface area is 158 Å². The lowest BCUT2D eigenvalue weighted by Crippen LogP contribution is -2.21. The van der Waals surface area contributed by atoms with E-state index in [1.807, 2.05) is 35.7 Å². The van der Waals surface area contributed by atoms with Gasteiger partial charge in [0.15, 0.2) is 0 Å². The van der Waals surface area contributed by atoms with Crippen molar-refractivity contribution in [3.8, 4) is 11.1 Å². The Morgan fingerprint density at radius 2 is 2.07 bits per heavy atom. The second-order valence-electron chi connectivity index (χ2n) is 5.85. The predicted molar refractivity (Wildman–Crippen MR) is 103 cm³/mol. The number of thiophene rings is 1. The Kier molecular flexibility index (Phi) is 4.60. The lowest BCUT2D eigenvalue weighted by atomic mass is 10.1. The van der Waals surface area contributed by atoms with Crippen LogP contribution < -0.4 is 5.56 Å². The van der Waals surface area contributed by atoms with Gasteiger partial charge in [-0.3, -0.25) is 9.36 Å². The standard InChI is InChI=1S/C20H16N2O4S/c1-2-25-20(24)14-8-9-26-16(14)10-22-12-21-18-17(19(22)23)15(11-27-18)13-6-4-3-5-7-13/h3-9,11-12H,2,10H2,1H3. The fourth-order valence-electron chi connectivity index (χ4n) is 2.92. The fourth-order valence-corrected chi connectivity index (χ4v) is 3.83. The van der Waals surface area contributed by atoms with Crippen LogP contribution in [0.2, 0.25) is 0 Å². The van der Waals surface area contributed by atoms with Crippen LogP contribution in [-0.2, 0) is 11.3 Å². The number of aromatic nitrogens is 2. The van der Waals surface area contributed by atoms with Gasteiger partial charge < -0.3 is 9.15 Å². The highest BCUT2D eigenvalue weighted by molar-refractivity contribution is 7.17. The molecular weight excluding hydrogens is 364 g/mol. The molecule has 0 aliphatic carbocycles. The van der Waals surface area contributed by atoms with Gasteiger partial charge in [-0.15, -0.1) is 11.3 Å². The first-order chi connectivity index (χ1) is 13.2. The fraction of sp³-hybridized carbons (Fsp3) is 0.150. The largest absolute Gasteiger partial charge is 0.467 e. The zero-order chi connectivity index (χ0) is 18.8. The number of hydrogen-bond acceptors (Lipinski definition) is 6. The Balaban J connectivity index is 1.77. The maximum absolute atomic E-state index is 13.1.